The Morgan fingerprint density at radius 3 is 2.55 bits per heavy atom. The van der Waals surface area contributed by atoms with Gasteiger partial charge in [0.25, 0.3) is 0 Å². The number of ether oxygens (including phenoxy) is 1. The lowest BCUT2D eigenvalue weighted by molar-refractivity contribution is -0.134. The fourth-order valence-electron chi connectivity index (χ4n) is 3.84. The molecule has 154 valence electrons. The van der Waals surface area contributed by atoms with Crippen LogP contribution in [0.25, 0.3) is 11.1 Å². The normalized spacial score (nSPS) is 17.2. The van der Waals surface area contributed by atoms with Crippen molar-refractivity contribution in [3.05, 3.63) is 54.1 Å². The van der Waals surface area contributed by atoms with Crippen LogP contribution in [0.2, 0.25) is 0 Å². The first-order chi connectivity index (χ1) is 14.0. The van der Waals surface area contributed by atoms with Crippen LogP contribution in [0.4, 0.5) is 0 Å². The zero-order chi connectivity index (χ0) is 20.8. The summed E-state index contributed by atoms with van der Waals surface area (Å²) in [6.45, 7) is 3.70. The molecule has 1 saturated heterocycles. The van der Waals surface area contributed by atoms with E-state index in [0.29, 0.717) is 32.5 Å². The van der Waals surface area contributed by atoms with Gasteiger partial charge in [-0.1, -0.05) is 43.3 Å². The lowest BCUT2D eigenvalue weighted by Crippen LogP contribution is -2.37. The van der Waals surface area contributed by atoms with Gasteiger partial charge in [-0.2, -0.15) is 0 Å². The first-order valence-corrected chi connectivity index (χ1v) is 10.3. The summed E-state index contributed by atoms with van der Waals surface area (Å²) in [7, 11) is 3.49. The summed E-state index contributed by atoms with van der Waals surface area (Å²) in [5, 5.41) is 0. The van der Waals surface area contributed by atoms with Crippen molar-refractivity contribution in [2.45, 2.75) is 26.2 Å². The Morgan fingerprint density at radius 2 is 1.83 bits per heavy atom. The highest BCUT2D eigenvalue weighted by molar-refractivity contribution is 5.82. The van der Waals surface area contributed by atoms with E-state index in [1.54, 1.807) is 12.0 Å². The Labute approximate surface area is 173 Å². The van der Waals surface area contributed by atoms with Crippen LogP contribution in [0.15, 0.2) is 48.5 Å². The van der Waals surface area contributed by atoms with E-state index in [2.05, 4.69) is 24.3 Å². The van der Waals surface area contributed by atoms with E-state index in [-0.39, 0.29) is 17.7 Å². The van der Waals surface area contributed by atoms with Gasteiger partial charge >= 0.3 is 0 Å². The molecular formula is C24H30N2O3. The molecule has 0 saturated carbocycles. The Kier molecular flexibility index (Phi) is 6.91. The van der Waals surface area contributed by atoms with E-state index in [4.69, 9.17) is 4.74 Å². The maximum absolute atomic E-state index is 12.9. The average molecular weight is 395 g/mol. The highest BCUT2D eigenvalue weighted by Gasteiger charge is 2.30. The SMILES string of the molecule is CCCC(=O)N1CCN(C)C(=O)C(Cc2cccc(-c3cccc(OC)c3)c2)C1. The van der Waals surface area contributed by atoms with Crippen molar-refractivity contribution in [1.82, 2.24) is 9.80 Å². The second kappa shape index (κ2) is 9.59. The molecule has 3 rings (SSSR count). The van der Waals surface area contributed by atoms with E-state index >= 15 is 0 Å². The minimum atomic E-state index is -0.219. The summed E-state index contributed by atoms with van der Waals surface area (Å²) < 4.78 is 5.33. The number of carbonyl (C=O) groups excluding carboxylic acids is 2. The summed E-state index contributed by atoms with van der Waals surface area (Å²) in [5.41, 5.74) is 3.27. The lowest BCUT2D eigenvalue weighted by Gasteiger charge is -2.23. The molecule has 5 nitrogen and oxygen atoms in total. The quantitative estimate of drug-likeness (QED) is 0.752. The monoisotopic (exact) mass is 394 g/mol. The Balaban J connectivity index is 1.81. The van der Waals surface area contributed by atoms with Gasteiger partial charge < -0.3 is 14.5 Å². The van der Waals surface area contributed by atoms with Crippen LogP contribution in [0.5, 0.6) is 5.75 Å². The first kappa shape index (κ1) is 20.9. The fourth-order valence-corrected chi connectivity index (χ4v) is 3.84. The molecule has 29 heavy (non-hydrogen) atoms. The van der Waals surface area contributed by atoms with Crippen LogP contribution < -0.4 is 4.74 Å². The predicted molar refractivity (Wildman–Crippen MR) is 115 cm³/mol. The van der Waals surface area contributed by atoms with E-state index in [0.717, 1.165) is 28.9 Å². The zero-order valence-corrected chi connectivity index (χ0v) is 17.6. The van der Waals surface area contributed by atoms with E-state index < -0.39 is 0 Å². The van der Waals surface area contributed by atoms with Crippen LogP contribution in [-0.2, 0) is 16.0 Å². The number of hydrogen-bond acceptors (Lipinski definition) is 3. The van der Waals surface area contributed by atoms with Crippen LogP contribution in [0, 0.1) is 5.92 Å². The predicted octanol–water partition coefficient (Wildman–Crippen LogP) is 3.62. The van der Waals surface area contributed by atoms with Gasteiger partial charge in [-0.05, 0) is 41.7 Å². The molecule has 5 heteroatoms. The number of amides is 2. The van der Waals surface area contributed by atoms with Crippen molar-refractivity contribution < 1.29 is 14.3 Å². The molecular weight excluding hydrogens is 364 g/mol. The average Bonchev–Trinajstić information content (AvgIpc) is 2.88. The Hall–Kier alpha value is -2.82. The van der Waals surface area contributed by atoms with Gasteiger partial charge in [0.2, 0.25) is 11.8 Å². The topological polar surface area (TPSA) is 49.9 Å². The van der Waals surface area contributed by atoms with Gasteiger partial charge in [0.15, 0.2) is 0 Å². The minimum absolute atomic E-state index is 0.114. The third-order valence-corrected chi connectivity index (χ3v) is 5.50. The molecule has 2 aromatic rings. The maximum Gasteiger partial charge on any atom is 0.227 e. The fraction of sp³-hybridized carbons (Fsp3) is 0.417. The molecule has 1 aliphatic heterocycles. The number of methoxy groups -OCH3 is 1. The van der Waals surface area contributed by atoms with Crippen molar-refractivity contribution in [2.24, 2.45) is 5.92 Å². The molecule has 2 aromatic carbocycles. The summed E-state index contributed by atoms with van der Waals surface area (Å²) in [6.07, 6.45) is 1.99. The molecule has 0 spiro atoms. The maximum atomic E-state index is 12.9. The van der Waals surface area contributed by atoms with Crippen LogP contribution >= 0.6 is 0 Å². The number of benzene rings is 2. The van der Waals surface area contributed by atoms with Crippen molar-refractivity contribution in [3.63, 3.8) is 0 Å². The van der Waals surface area contributed by atoms with E-state index in [1.165, 1.54) is 0 Å². The highest BCUT2D eigenvalue weighted by Crippen LogP contribution is 2.26. The Bertz CT molecular complexity index is 865. The lowest BCUT2D eigenvalue weighted by atomic mass is 9.94. The molecule has 0 aromatic heterocycles. The molecule has 0 radical (unpaired) electrons. The molecule has 2 amide bonds. The first-order valence-electron chi connectivity index (χ1n) is 10.3. The molecule has 0 bridgehead atoms. The molecule has 0 N–H and O–H groups in total. The molecule has 0 aliphatic carbocycles. The second-order valence-electron chi connectivity index (χ2n) is 7.68. The second-order valence-corrected chi connectivity index (χ2v) is 7.68. The van der Waals surface area contributed by atoms with E-state index in [9.17, 15) is 9.59 Å². The summed E-state index contributed by atoms with van der Waals surface area (Å²) in [5.74, 6) is 0.858. The third kappa shape index (κ3) is 5.17. The standard InChI is InChI=1S/C24H30N2O3/c1-4-7-23(27)26-13-12-25(2)24(28)21(17-26)15-18-8-5-9-19(14-18)20-10-6-11-22(16-20)29-3/h5-6,8-11,14,16,21H,4,7,12-13,15,17H2,1-3H3. The zero-order valence-electron chi connectivity index (χ0n) is 17.6. The Morgan fingerprint density at radius 1 is 1.10 bits per heavy atom. The number of rotatable bonds is 6. The van der Waals surface area contributed by atoms with Crippen molar-refractivity contribution in [2.75, 3.05) is 33.8 Å². The molecule has 1 heterocycles. The van der Waals surface area contributed by atoms with Crippen LogP contribution in [0.1, 0.15) is 25.3 Å². The van der Waals surface area contributed by atoms with Gasteiger partial charge in [0.05, 0.1) is 13.0 Å². The van der Waals surface area contributed by atoms with Crippen LogP contribution in [-0.4, -0.2) is 55.4 Å². The number of carbonyl (C=O) groups is 2. The smallest absolute Gasteiger partial charge is 0.227 e. The van der Waals surface area contributed by atoms with Gasteiger partial charge in [-0.15, -0.1) is 0 Å². The summed E-state index contributed by atoms with van der Waals surface area (Å²) in [4.78, 5) is 29.0. The summed E-state index contributed by atoms with van der Waals surface area (Å²) in [6, 6.07) is 16.2. The largest absolute Gasteiger partial charge is 0.497 e. The highest BCUT2D eigenvalue weighted by atomic mass is 16.5. The summed E-state index contributed by atoms with van der Waals surface area (Å²) >= 11 is 0. The number of likely N-dealkylation sites (N-methyl/N-ethyl adjacent to an activating group) is 1. The van der Waals surface area contributed by atoms with Crippen molar-refractivity contribution in [3.8, 4) is 16.9 Å². The molecule has 1 aliphatic rings. The van der Waals surface area contributed by atoms with Gasteiger partial charge in [-0.25, -0.2) is 0 Å². The number of hydrogen-bond donors (Lipinski definition) is 0. The number of nitrogens with zero attached hydrogens (tertiary/aromatic N) is 2. The van der Waals surface area contributed by atoms with E-state index in [1.807, 2.05) is 43.1 Å². The van der Waals surface area contributed by atoms with Crippen molar-refractivity contribution >= 4 is 11.8 Å². The molecule has 1 unspecified atom stereocenters. The third-order valence-electron chi connectivity index (χ3n) is 5.50. The van der Waals surface area contributed by atoms with Gasteiger partial charge in [-0.3, -0.25) is 9.59 Å². The van der Waals surface area contributed by atoms with Gasteiger partial charge in [0.1, 0.15) is 5.75 Å². The minimum Gasteiger partial charge on any atom is -0.497 e. The van der Waals surface area contributed by atoms with Crippen molar-refractivity contribution in [1.29, 1.82) is 0 Å². The molecule has 1 atom stereocenters. The molecule has 1 fully saturated rings. The van der Waals surface area contributed by atoms with Gasteiger partial charge in [0, 0.05) is 33.1 Å². The van der Waals surface area contributed by atoms with Crippen LogP contribution in [0.3, 0.4) is 0 Å².